The second kappa shape index (κ2) is 5.19. The van der Waals surface area contributed by atoms with Crippen molar-refractivity contribution < 1.29 is 4.79 Å². The number of amides is 1. The molecule has 24 heavy (non-hydrogen) atoms. The molecule has 1 amide bonds. The molecule has 0 spiro atoms. The van der Waals surface area contributed by atoms with E-state index in [4.69, 9.17) is 0 Å². The van der Waals surface area contributed by atoms with Gasteiger partial charge in [-0.05, 0) is 19.3 Å². The smallest absolute Gasteiger partial charge is 0.331 e. The SMILES string of the molecule is Cn1c(=O)c2c(ncn2CC(=O)N2C3C=CCC2CC3)n(C)c1=O. The zero-order valence-corrected chi connectivity index (χ0v) is 13.7. The molecule has 2 bridgehead atoms. The van der Waals surface area contributed by atoms with Gasteiger partial charge >= 0.3 is 5.69 Å². The maximum Gasteiger partial charge on any atom is 0.332 e. The Balaban J connectivity index is 1.74. The number of fused-ring (bicyclic) bond motifs is 3. The summed E-state index contributed by atoms with van der Waals surface area (Å²) in [6.45, 7) is 0.0603. The molecule has 1 saturated heterocycles. The van der Waals surface area contributed by atoms with Gasteiger partial charge in [-0.25, -0.2) is 9.78 Å². The van der Waals surface area contributed by atoms with Crippen LogP contribution in [0, 0.1) is 0 Å². The van der Waals surface area contributed by atoms with Crippen LogP contribution in [0.4, 0.5) is 0 Å². The van der Waals surface area contributed by atoms with Crippen molar-refractivity contribution in [1.82, 2.24) is 23.6 Å². The normalized spacial score (nSPS) is 22.5. The maximum absolute atomic E-state index is 12.8. The standard InChI is InChI=1S/C16H19N5O3/c1-18-14-13(15(23)19(2)16(18)24)20(9-17-14)8-12(22)21-10-4-3-5-11(21)7-6-10/h3-4,9-11H,5-8H2,1-2H3. The lowest BCUT2D eigenvalue weighted by molar-refractivity contribution is -0.134. The van der Waals surface area contributed by atoms with Crippen LogP contribution in [0.2, 0.25) is 0 Å². The first-order chi connectivity index (χ1) is 11.5. The van der Waals surface area contributed by atoms with E-state index in [0.717, 1.165) is 23.8 Å². The molecule has 8 nitrogen and oxygen atoms in total. The molecule has 2 aromatic heterocycles. The van der Waals surface area contributed by atoms with Crippen LogP contribution < -0.4 is 11.2 Å². The summed E-state index contributed by atoms with van der Waals surface area (Å²) in [5.41, 5.74) is -0.270. The zero-order valence-electron chi connectivity index (χ0n) is 13.7. The van der Waals surface area contributed by atoms with E-state index in [1.165, 1.54) is 17.9 Å². The van der Waals surface area contributed by atoms with Gasteiger partial charge in [0, 0.05) is 20.1 Å². The number of aromatic nitrogens is 4. The van der Waals surface area contributed by atoms with Gasteiger partial charge in [-0.15, -0.1) is 0 Å². The van der Waals surface area contributed by atoms with Gasteiger partial charge in [0.1, 0.15) is 6.54 Å². The number of aryl methyl sites for hydroxylation is 1. The minimum absolute atomic E-state index is 0.0120. The second-order valence-electron chi connectivity index (χ2n) is 6.51. The molecule has 2 atom stereocenters. The highest BCUT2D eigenvalue weighted by atomic mass is 16.2. The molecule has 0 aromatic carbocycles. The van der Waals surface area contributed by atoms with Crippen molar-refractivity contribution in [1.29, 1.82) is 0 Å². The first kappa shape index (κ1) is 14.9. The molecule has 0 saturated carbocycles. The van der Waals surface area contributed by atoms with Gasteiger partial charge in [-0.3, -0.25) is 18.7 Å². The first-order valence-electron chi connectivity index (χ1n) is 8.07. The van der Waals surface area contributed by atoms with Crippen LogP contribution in [0.1, 0.15) is 19.3 Å². The van der Waals surface area contributed by atoms with Crippen molar-refractivity contribution in [3.63, 3.8) is 0 Å². The number of nitrogens with zero attached hydrogens (tertiary/aromatic N) is 5. The van der Waals surface area contributed by atoms with Crippen molar-refractivity contribution in [2.45, 2.75) is 37.9 Å². The van der Waals surface area contributed by atoms with Crippen LogP contribution in [0.25, 0.3) is 11.2 Å². The molecule has 8 heteroatoms. The minimum Gasteiger partial charge on any atom is -0.331 e. The number of carbonyl (C=O) groups is 1. The average Bonchev–Trinajstić information content (AvgIpc) is 3.09. The molecular weight excluding hydrogens is 310 g/mol. The van der Waals surface area contributed by atoms with Gasteiger partial charge in [0.05, 0.1) is 12.4 Å². The Bertz CT molecular complexity index is 980. The van der Waals surface area contributed by atoms with Crippen molar-refractivity contribution in [3.8, 4) is 0 Å². The highest BCUT2D eigenvalue weighted by Gasteiger charge is 2.37. The van der Waals surface area contributed by atoms with Crippen LogP contribution >= 0.6 is 0 Å². The summed E-state index contributed by atoms with van der Waals surface area (Å²) in [7, 11) is 3.00. The van der Waals surface area contributed by atoms with E-state index in [9.17, 15) is 14.4 Å². The molecule has 2 aromatic rings. The van der Waals surface area contributed by atoms with Crippen LogP contribution in [0.15, 0.2) is 28.1 Å². The predicted molar refractivity (Wildman–Crippen MR) is 87.6 cm³/mol. The fourth-order valence-electron chi connectivity index (χ4n) is 3.86. The van der Waals surface area contributed by atoms with Crippen molar-refractivity contribution in [3.05, 3.63) is 39.3 Å². The van der Waals surface area contributed by atoms with Gasteiger partial charge in [-0.2, -0.15) is 0 Å². The fraction of sp³-hybridized carbons (Fsp3) is 0.500. The summed E-state index contributed by atoms with van der Waals surface area (Å²) in [4.78, 5) is 43.3. The minimum atomic E-state index is -0.431. The third kappa shape index (κ3) is 1.98. The van der Waals surface area contributed by atoms with E-state index in [-0.39, 0.29) is 30.1 Å². The van der Waals surface area contributed by atoms with E-state index in [1.807, 2.05) is 4.90 Å². The van der Waals surface area contributed by atoms with Gasteiger partial charge in [-0.1, -0.05) is 12.2 Å². The molecule has 2 aliphatic heterocycles. The number of hydrogen-bond donors (Lipinski definition) is 0. The third-order valence-electron chi connectivity index (χ3n) is 5.12. The lowest BCUT2D eigenvalue weighted by Crippen LogP contribution is -2.44. The molecular formula is C16H19N5O3. The Morgan fingerprint density at radius 3 is 2.79 bits per heavy atom. The summed E-state index contributed by atoms with van der Waals surface area (Å²) < 4.78 is 3.92. The summed E-state index contributed by atoms with van der Waals surface area (Å²) in [5.74, 6) is -0.0120. The van der Waals surface area contributed by atoms with Crippen molar-refractivity contribution >= 4 is 17.1 Å². The summed E-state index contributed by atoms with van der Waals surface area (Å²) in [5, 5.41) is 0. The van der Waals surface area contributed by atoms with Gasteiger partial charge in [0.2, 0.25) is 5.91 Å². The number of hydrogen-bond acceptors (Lipinski definition) is 4. The van der Waals surface area contributed by atoms with E-state index in [0.29, 0.717) is 5.65 Å². The molecule has 4 rings (SSSR count). The molecule has 126 valence electrons. The quantitative estimate of drug-likeness (QED) is 0.712. The number of imidazole rings is 1. The fourth-order valence-corrected chi connectivity index (χ4v) is 3.86. The number of carbonyl (C=O) groups excluding carboxylic acids is 1. The third-order valence-corrected chi connectivity index (χ3v) is 5.12. The first-order valence-corrected chi connectivity index (χ1v) is 8.07. The van der Waals surface area contributed by atoms with Gasteiger partial charge in [0.25, 0.3) is 5.56 Å². The van der Waals surface area contributed by atoms with Crippen molar-refractivity contribution in [2.75, 3.05) is 0 Å². The highest BCUT2D eigenvalue weighted by Crippen LogP contribution is 2.31. The summed E-state index contributed by atoms with van der Waals surface area (Å²) in [6, 6.07) is 0.424. The Kier molecular flexibility index (Phi) is 3.22. The van der Waals surface area contributed by atoms with E-state index >= 15 is 0 Å². The second-order valence-corrected chi connectivity index (χ2v) is 6.51. The topological polar surface area (TPSA) is 82.1 Å². The van der Waals surface area contributed by atoms with Crippen LogP contribution in [0.5, 0.6) is 0 Å². The summed E-state index contributed by atoms with van der Waals surface area (Å²) in [6.07, 6.45) is 8.60. The van der Waals surface area contributed by atoms with E-state index in [2.05, 4.69) is 17.1 Å². The number of rotatable bonds is 2. The highest BCUT2D eigenvalue weighted by molar-refractivity contribution is 5.80. The Morgan fingerprint density at radius 1 is 1.25 bits per heavy atom. The van der Waals surface area contributed by atoms with Crippen molar-refractivity contribution in [2.24, 2.45) is 14.1 Å². The monoisotopic (exact) mass is 329 g/mol. The molecule has 0 aliphatic carbocycles. The van der Waals surface area contributed by atoms with Gasteiger partial charge < -0.3 is 9.47 Å². The zero-order chi connectivity index (χ0) is 17.0. The average molecular weight is 329 g/mol. The van der Waals surface area contributed by atoms with Crippen LogP contribution in [0.3, 0.4) is 0 Å². The van der Waals surface area contributed by atoms with Crippen LogP contribution in [-0.4, -0.2) is 41.6 Å². The van der Waals surface area contributed by atoms with E-state index in [1.54, 1.807) is 11.6 Å². The maximum atomic E-state index is 12.8. The lowest BCUT2D eigenvalue weighted by Gasteiger charge is -2.31. The van der Waals surface area contributed by atoms with Gasteiger partial charge in [0.15, 0.2) is 11.2 Å². The largest absolute Gasteiger partial charge is 0.332 e. The molecule has 2 unspecified atom stereocenters. The summed E-state index contributed by atoms with van der Waals surface area (Å²) >= 11 is 0. The Labute approximate surface area is 137 Å². The molecule has 0 radical (unpaired) electrons. The molecule has 2 aliphatic rings. The molecule has 1 fully saturated rings. The van der Waals surface area contributed by atoms with E-state index < -0.39 is 11.2 Å². The molecule has 0 N–H and O–H groups in total. The Hall–Kier alpha value is -2.64. The molecule has 4 heterocycles. The predicted octanol–water partition coefficient (Wildman–Crippen LogP) is -0.247. The lowest BCUT2D eigenvalue weighted by atomic mass is 10.1. The Morgan fingerprint density at radius 2 is 2.04 bits per heavy atom. The van der Waals surface area contributed by atoms with Crippen LogP contribution in [-0.2, 0) is 25.4 Å².